The van der Waals surface area contributed by atoms with Gasteiger partial charge in [-0.3, -0.25) is 19.7 Å². The molecule has 1 aliphatic heterocycles. The first kappa shape index (κ1) is 21.2. The van der Waals surface area contributed by atoms with E-state index in [1.807, 2.05) is 4.90 Å². The SMILES string of the molecule is Cn1ccnc1C(=O)c1ccc(NC(=O)c2ccc(N3CCCCC3)c([N+](=O)[O-])c2)cc1. The molecule has 1 N–H and O–H groups in total. The number of carbonyl (C=O) groups excluding carboxylic acids is 2. The summed E-state index contributed by atoms with van der Waals surface area (Å²) < 4.78 is 1.64. The number of hydrogen-bond donors (Lipinski definition) is 1. The number of nitro groups is 1. The number of nitrogens with one attached hydrogen (secondary N) is 1. The zero-order valence-electron chi connectivity index (χ0n) is 17.7. The Hall–Kier alpha value is -4.01. The Morgan fingerprint density at radius 3 is 2.34 bits per heavy atom. The quantitative estimate of drug-likeness (QED) is 0.360. The summed E-state index contributed by atoms with van der Waals surface area (Å²) in [5.41, 5.74) is 1.59. The monoisotopic (exact) mass is 433 g/mol. The Bertz CT molecular complexity index is 1160. The fourth-order valence-electron chi connectivity index (χ4n) is 3.83. The second-order valence-corrected chi connectivity index (χ2v) is 7.73. The lowest BCUT2D eigenvalue weighted by Crippen LogP contribution is -2.30. The molecule has 1 aliphatic rings. The molecule has 0 radical (unpaired) electrons. The van der Waals surface area contributed by atoms with E-state index >= 15 is 0 Å². The molecule has 2 aromatic carbocycles. The van der Waals surface area contributed by atoms with E-state index in [1.165, 1.54) is 6.07 Å². The summed E-state index contributed by atoms with van der Waals surface area (Å²) in [6.07, 6.45) is 6.36. The van der Waals surface area contributed by atoms with Crippen molar-refractivity contribution in [3.63, 3.8) is 0 Å². The molecule has 1 amide bonds. The van der Waals surface area contributed by atoms with E-state index in [2.05, 4.69) is 10.3 Å². The summed E-state index contributed by atoms with van der Waals surface area (Å²) in [7, 11) is 1.74. The van der Waals surface area contributed by atoms with Gasteiger partial charge in [-0.05, 0) is 55.7 Å². The number of anilines is 2. The zero-order valence-corrected chi connectivity index (χ0v) is 17.7. The number of rotatable bonds is 6. The third kappa shape index (κ3) is 4.36. The Labute approximate surface area is 184 Å². The fraction of sp³-hybridized carbons (Fsp3) is 0.261. The molecule has 0 spiro atoms. The number of amides is 1. The van der Waals surface area contributed by atoms with E-state index in [1.54, 1.807) is 60.4 Å². The molecular formula is C23H23N5O4. The summed E-state index contributed by atoms with van der Waals surface area (Å²) in [5, 5.41) is 14.4. The van der Waals surface area contributed by atoms with Gasteiger partial charge in [0.15, 0.2) is 5.82 Å². The topological polar surface area (TPSA) is 110 Å². The van der Waals surface area contributed by atoms with Crippen molar-refractivity contribution in [3.8, 4) is 0 Å². The zero-order chi connectivity index (χ0) is 22.7. The van der Waals surface area contributed by atoms with Crippen LogP contribution in [0.4, 0.5) is 17.1 Å². The molecule has 0 unspecified atom stereocenters. The number of benzene rings is 2. The predicted octanol–water partition coefficient (Wildman–Crippen LogP) is 3.80. The average molecular weight is 433 g/mol. The first-order valence-electron chi connectivity index (χ1n) is 10.4. The van der Waals surface area contributed by atoms with Crippen molar-refractivity contribution < 1.29 is 14.5 Å². The van der Waals surface area contributed by atoms with Gasteiger partial charge < -0.3 is 14.8 Å². The molecule has 0 atom stereocenters. The number of carbonyl (C=O) groups is 2. The van der Waals surface area contributed by atoms with Crippen molar-refractivity contribution in [1.82, 2.24) is 9.55 Å². The van der Waals surface area contributed by atoms with Crippen molar-refractivity contribution in [2.24, 2.45) is 7.05 Å². The van der Waals surface area contributed by atoms with Gasteiger partial charge in [0, 0.05) is 55.4 Å². The highest BCUT2D eigenvalue weighted by atomic mass is 16.6. The summed E-state index contributed by atoms with van der Waals surface area (Å²) in [5.74, 6) is -0.358. The summed E-state index contributed by atoms with van der Waals surface area (Å²) in [6, 6.07) is 11.0. The van der Waals surface area contributed by atoms with E-state index in [0.717, 1.165) is 32.4 Å². The average Bonchev–Trinajstić information content (AvgIpc) is 3.25. The van der Waals surface area contributed by atoms with E-state index in [0.29, 0.717) is 22.8 Å². The molecular weight excluding hydrogens is 410 g/mol. The summed E-state index contributed by atoms with van der Waals surface area (Å²) in [4.78, 5) is 42.4. The standard InChI is InChI=1S/C23H23N5O4/c1-26-14-11-24-22(26)21(29)16-5-8-18(9-6-16)25-23(30)17-7-10-19(20(15-17)28(31)32)27-12-3-2-4-13-27/h5-11,14-15H,2-4,12-13H2,1H3,(H,25,30). The number of hydrogen-bond acceptors (Lipinski definition) is 6. The van der Waals surface area contributed by atoms with Crippen molar-refractivity contribution >= 4 is 28.8 Å². The molecule has 1 aromatic heterocycles. The number of nitro benzene ring substituents is 1. The molecule has 0 saturated carbocycles. The van der Waals surface area contributed by atoms with Crippen LogP contribution in [0.25, 0.3) is 0 Å². The van der Waals surface area contributed by atoms with Crippen molar-refractivity contribution in [3.05, 3.63) is 81.9 Å². The van der Waals surface area contributed by atoms with Gasteiger partial charge in [0.25, 0.3) is 11.6 Å². The molecule has 0 aliphatic carbocycles. The minimum absolute atomic E-state index is 0.0736. The number of piperidine rings is 1. The number of imidazole rings is 1. The van der Waals surface area contributed by atoms with Crippen LogP contribution >= 0.6 is 0 Å². The maximum absolute atomic E-state index is 12.7. The third-order valence-corrected chi connectivity index (χ3v) is 5.56. The van der Waals surface area contributed by atoms with Crippen LogP contribution in [0.1, 0.15) is 45.8 Å². The van der Waals surface area contributed by atoms with Crippen molar-refractivity contribution in [2.45, 2.75) is 19.3 Å². The molecule has 1 fully saturated rings. The van der Waals surface area contributed by atoms with Gasteiger partial charge in [-0.15, -0.1) is 0 Å². The lowest BCUT2D eigenvalue weighted by molar-refractivity contribution is -0.384. The fourth-order valence-corrected chi connectivity index (χ4v) is 3.83. The van der Waals surface area contributed by atoms with Crippen LogP contribution < -0.4 is 10.2 Å². The highest BCUT2D eigenvalue weighted by Gasteiger charge is 2.23. The van der Waals surface area contributed by atoms with Crippen LogP contribution in [0.2, 0.25) is 0 Å². The van der Waals surface area contributed by atoms with Crippen LogP contribution in [-0.2, 0) is 7.05 Å². The van der Waals surface area contributed by atoms with Crippen LogP contribution in [0.3, 0.4) is 0 Å². The molecule has 2 heterocycles. The molecule has 4 rings (SSSR count). The maximum Gasteiger partial charge on any atom is 0.293 e. The molecule has 9 heteroatoms. The molecule has 3 aromatic rings. The van der Waals surface area contributed by atoms with E-state index in [4.69, 9.17) is 0 Å². The molecule has 164 valence electrons. The van der Waals surface area contributed by atoms with Crippen molar-refractivity contribution in [2.75, 3.05) is 23.3 Å². The molecule has 0 bridgehead atoms. The predicted molar refractivity (Wildman–Crippen MR) is 120 cm³/mol. The lowest BCUT2D eigenvalue weighted by atomic mass is 10.1. The normalized spacial score (nSPS) is 13.6. The van der Waals surface area contributed by atoms with Crippen LogP contribution in [-0.4, -0.2) is 39.3 Å². The van der Waals surface area contributed by atoms with Gasteiger partial charge in [0.05, 0.1) is 4.92 Å². The number of aryl methyl sites for hydroxylation is 1. The van der Waals surface area contributed by atoms with Crippen molar-refractivity contribution in [1.29, 1.82) is 0 Å². The summed E-state index contributed by atoms with van der Waals surface area (Å²) in [6.45, 7) is 1.55. The Balaban J connectivity index is 1.50. The lowest BCUT2D eigenvalue weighted by Gasteiger charge is -2.28. The minimum atomic E-state index is -0.457. The molecule has 1 saturated heterocycles. The van der Waals surface area contributed by atoms with Gasteiger partial charge in [0.1, 0.15) is 5.69 Å². The summed E-state index contributed by atoms with van der Waals surface area (Å²) >= 11 is 0. The third-order valence-electron chi connectivity index (χ3n) is 5.56. The van der Waals surface area contributed by atoms with Crippen LogP contribution in [0.5, 0.6) is 0 Å². The maximum atomic E-state index is 12.7. The van der Waals surface area contributed by atoms with Crippen LogP contribution in [0, 0.1) is 10.1 Å². The number of ketones is 1. The Kier molecular flexibility index (Phi) is 5.98. The molecule has 32 heavy (non-hydrogen) atoms. The van der Waals surface area contributed by atoms with Gasteiger partial charge in [-0.25, -0.2) is 4.98 Å². The van der Waals surface area contributed by atoms with Crippen LogP contribution in [0.15, 0.2) is 54.9 Å². The van der Waals surface area contributed by atoms with E-state index in [-0.39, 0.29) is 17.0 Å². The van der Waals surface area contributed by atoms with Gasteiger partial charge >= 0.3 is 0 Å². The van der Waals surface area contributed by atoms with Gasteiger partial charge in [-0.1, -0.05) is 0 Å². The van der Waals surface area contributed by atoms with Gasteiger partial charge in [-0.2, -0.15) is 0 Å². The second-order valence-electron chi connectivity index (χ2n) is 7.73. The highest BCUT2D eigenvalue weighted by molar-refractivity contribution is 6.08. The molecule has 9 nitrogen and oxygen atoms in total. The van der Waals surface area contributed by atoms with E-state index in [9.17, 15) is 19.7 Å². The van der Waals surface area contributed by atoms with E-state index < -0.39 is 10.8 Å². The first-order chi connectivity index (χ1) is 15.4. The number of nitrogens with zero attached hydrogens (tertiary/aromatic N) is 4. The highest BCUT2D eigenvalue weighted by Crippen LogP contribution is 2.31. The Morgan fingerprint density at radius 2 is 1.72 bits per heavy atom. The van der Waals surface area contributed by atoms with Gasteiger partial charge in [0.2, 0.25) is 5.78 Å². The first-order valence-corrected chi connectivity index (χ1v) is 10.4. The smallest absolute Gasteiger partial charge is 0.293 e. The Morgan fingerprint density at radius 1 is 1.03 bits per heavy atom. The second kappa shape index (κ2) is 9.01. The minimum Gasteiger partial charge on any atom is -0.366 e. The number of aromatic nitrogens is 2. The largest absolute Gasteiger partial charge is 0.366 e.